The summed E-state index contributed by atoms with van der Waals surface area (Å²) in [4.78, 5) is 2.03. The summed E-state index contributed by atoms with van der Waals surface area (Å²) in [5.41, 5.74) is 1.25. The predicted octanol–water partition coefficient (Wildman–Crippen LogP) is 1.63. The van der Waals surface area contributed by atoms with E-state index in [9.17, 15) is 8.42 Å². The van der Waals surface area contributed by atoms with E-state index in [1.54, 1.807) is 7.11 Å². The molecule has 1 heterocycles. The summed E-state index contributed by atoms with van der Waals surface area (Å²) in [5, 5.41) is 3.93. The zero-order valence-corrected chi connectivity index (χ0v) is 15.7. The van der Waals surface area contributed by atoms with Crippen LogP contribution in [0, 0.1) is 0 Å². The van der Waals surface area contributed by atoms with E-state index in [0.29, 0.717) is 24.7 Å². The molecule has 1 N–H and O–H groups in total. The Morgan fingerprint density at radius 3 is 2.75 bits per heavy atom. The first kappa shape index (κ1) is 19.1. The number of nitrogens with zero attached hydrogens (tertiary/aromatic N) is 1. The van der Waals surface area contributed by atoms with E-state index in [2.05, 4.69) is 17.4 Å². The van der Waals surface area contributed by atoms with Crippen molar-refractivity contribution in [2.24, 2.45) is 0 Å². The van der Waals surface area contributed by atoms with Gasteiger partial charge in [0.15, 0.2) is 14.9 Å². The van der Waals surface area contributed by atoms with Crippen molar-refractivity contribution < 1.29 is 13.2 Å². The number of ether oxygens (including phenoxy) is 1. The zero-order valence-electron chi connectivity index (χ0n) is 14.1. The third kappa shape index (κ3) is 6.03. The molecule has 0 radical (unpaired) electrons. The monoisotopic (exact) mass is 370 g/mol. The molecule has 1 aliphatic rings. The summed E-state index contributed by atoms with van der Waals surface area (Å²) in [5.74, 6) is 0.450. The van der Waals surface area contributed by atoms with Crippen LogP contribution in [-0.4, -0.2) is 62.8 Å². The maximum absolute atomic E-state index is 11.8. The largest absolute Gasteiger partial charge is 0.385 e. The molecule has 1 saturated heterocycles. The fourth-order valence-corrected chi connectivity index (χ4v) is 4.98. The minimum absolute atomic E-state index is 0.0245. The number of nitrogens with one attached hydrogen (secondary N) is 1. The number of hydrogen-bond acceptors (Lipinski definition) is 4. The van der Waals surface area contributed by atoms with Crippen molar-refractivity contribution in [2.75, 3.05) is 38.3 Å². The molecule has 0 amide bonds. The molecule has 2 rings (SSSR count). The van der Waals surface area contributed by atoms with Crippen LogP contribution < -0.4 is 5.32 Å². The van der Waals surface area contributed by atoms with Gasteiger partial charge in [0, 0.05) is 32.8 Å². The maximum atomic E-state index is 11.8. The fourth-order valence-electron chi connectivity index (χ4n) is 2.91. The third-order valence-electron chi connectivity index (χ3n) is 4.19. The number of hydrogen-bond donors (Lipinski definition) is 1. The second-order valence-corrected chi connectivity index (χ2v) is 8.68. The summed E-state index contributed by atoms with van der Waals surface area (Å²) in [6, 6.07) is 10.2. The number of benzene rings is 1. The Hall–Kier alpha value is -1.18. The van der Waals surface area contributed by atoms with Crippen LogP contribution >= 0.6 is 12.2 Å². The Labute approximate surface area is 150 Å². The van der Waals surface area contributed by atoms with Crippen LogP contribution in [0.5, 0.6) is 0 Å². The van der Waals surface area contributed by atoms with Crippen LogP contribution in [0.3, 0.4) is 0 Å². The van der Waals surface area contributed by atoms with Gasteiger partial charge in [-0.05, 0) is 37.0 Å². The van der Waals surface area contributed by atoms with Gasteiger partial charge in [-0.3, -0.25) is 0 Å². The van der Waals surface area contributed by atoms with Crippen molar-refractivity contribution in [1.29, 1.82) is 0 Å². The molecule has 1 fully saturated rings. The molecule has 24 heavy (non-hydrogen) atoms. The van der Waals surface area contributed by atoms with Crippen molar-refractivity contribution in [2.45, 2.75) is 25.3 Å². The van der Waals surface area contributed by atoms with Crippen LogP contribution in [0.1, 0.15) is 18.4 Å². The van der Waals surface area contributed by atoms with Crippen molar-refractivity contribution in [3.63, 3.8) is 0 Å². The molecule has 134 valence electrons. The molecule has 1 aliphatic heterocycles. The number of methoxy groups -OCH3 is 1. The SMILES string of the molecule is COCCCN(C(=S)NCCc1ccccc1)[C@H]1CCS(=O)(=O)C1. The summed E-state index contributed by atoms with van der Waals surface area (Å²) in [7, 11) is -1.26. The topological polar surface area (TPSA) is 58.6 Å². The Kier molecular flexibility index (Phi) is 7.45. The first-order valence-electron chi connectivity index (χ1n) is 8.29. The van der Waals surface area contributed by atoms with Crippen LogP contribution in [0.15, 0.2) is 30.3 Å². The van der Waals surface area contributed by atoms with E-state index >= 15 is 0 Å². The number of thiocarbonyl (C=S) groups is 1. The average Bonchev–Trinajstić information content (AvgIpc) is 2.92. The van der Waals surface area contributed by atoms with Gasteiger partial charge in [-0.15, -0.1) is 0 Å². The average molecular weight is 371 g/mol. The molecule has 1 aromatic carbocycles. The van der Waals surface area contributed by atoms with Crippen molar-refractivity contribution >= 4 is 27.2 Å². The van der Waals surface area contributed by atoms with Gasteiger partial charge in [-0.25, -0.2) is 8.42 Å². The highest BCUT2D eigenvalue weighted by atomic mass is 32.2. The molecule has 0 saturated carbocycles. The molecule has 0 unspecified atom stereocenters. The van der Waals surface area contributed by atoms with E-state index in [1.807, 2.05) is 23.1 Å². The molecule has 5 nitrogen and oxygen atoms in total. The van der Waals surface area contributed by atoms with Gasteiger partial charge >= 0.3 is 0 Å². The lowest BCUT2D eigenvalue weighted by Crippen LogP contribution is -2.47. The van der Waals surface area contributed by atoms with Crippen molar-refractivity contribution in [3.8, 4) is 0 Å². The van der Waals surface area contributed by atoms with Crippen LogP contribution in [-0.2, 0) is 21.0 Å². The molecular formula is C17H26N2O3S2. The van der Waals surface area contributed by atoms with E-state index in [1.165, 1.54) is 5.56 Å². The quantitative estimate of drug-likeness (QED) is 0.554. The molecule has 0 bridgehead atoms. The smallest absolute Gasteiger partial charge is 0.169 e. The van der Waals surface area contributed by atoms with Gasteiger partial charge in [0.1, 0.15) is 0 Å². The lowest BCUT2D eigenvalue weighted by Gasteiger charge is -2.31. The standard InChI is InChI=1S/C17H26N2O3S2/c1-22-12-5-11-19(16-9-13-24(20,21)14-16)17(23)18-10-8-15-6-3-2-4-7-15/h2-4,6-7,16H,5,8-14H2,1H3,(H,18,23)/t16-/m0/s1. The van der Waals surface area contributed by atoms with E-state index in [-0.39, 0.29) is 17.5 Å². The van der Waals surface area contributed by atoms with Crippen LogP contribution in [0.4, 0.5) is 0 Å². The Morgan fingerprint density at radius 2 is 2.12 bits per heavy atom. The summed E-state index contributed by atoms with van der Waals surface area (Å²) < 4.78 is 28.7. The van der Waals surface area contributed by atoms with Crippen LogP contribution in [0.2, 0.25) is 0 Å². The molecule has 7 heteroatoms. The van der Waals surface area contributed by atoms with Crippen molar-refractivity contribution in [1.82, 2.24) is 10.2 Å². The summed E-state index contributed by atoms with van der Waals surface area (Å²) in [6.07, 6.45) is 2.36. The van der Waals surface area contributed by atoms with E-state index in [4.69, 9.17) is 17.0 Å². The number of rotatable bonds is 8. The van der Waals surface area contributed by atoms with E-state index in [0.717, 1.165) is 19.4 Å². The van der Waals surface area contributed by atoms with Gasteiger partial charge in [0.25, 0.3) is 0 Å². The minimum atomic E-state index is -2.93. The molecular weight excluding hydrogens is 344 g/mol. The molecule has 0 aromatic heterocycles. The van der Waals surface area contributed by atoms with Gasteiger partial charge in [0.2, 0.25) is 0 Å². The third-order valence-corrected chi connectivity index (χ3v) is 6.32. The van der Waals surface area contributed by atoms with Gasteiger partial charge in [0.05, 0.1) is 11.5 Å². The Bertz CT molecular complexity index is 620. The van der Waals surface area contributed by atoms with Crippen molar-refractivity contribution in [3.05, 3.63) is 35.9 Å². The summed E-state index contributed by atoms with van der Waals surface area (Å²) >= 11 is 5.53. The summed E-state index contributed by atoms with van der Waals surface area (Å²) in [6.45, 7) is 2.09. The maximum Gasteiger partial charge on any atom is 0.169 e. The highest BCUT2D eigenvalue weighted by molar-refractivity contribution is 7.91. The van der Waals surface area contributed by atoms with Gasteiger partial charge < -0.3 is 15.0 Å². The van der Waals surface area contributed by atoms with Gasteiger partial charge in [-0.1, -0.05) is 30.3 Å². The molecule has 0 aliphatic carbocycles. The van der Waals surface area contributed by atoms with Gasteiger partial charge in [-0.2, -0.15) is 0 Å². The molecule has 1 aromatic rings. The highest BCUT2D eigenvalue weighted by Crippen LogP contribution is 2.18. The highest BCUT2D eigenvalue weighted by Gasteiger charge is 2.33. The lowest BCUT2D eigenvalue weighted by molar-refractivity contribution is 0.181. The minimum Gasteiger partial charge on any atom is -0.385 e. The fraction of sp³-hybridized carbons (Fsp3) is 0.588. The lowest BCUT2D eigenvalue weighted by atomic mass is 10.1. The Balaban J connectivity index is 1.88. The Morgan fingerprint density at radius 1 is 1.38 bits per heavy atom. The van der Waals surface area contributed by atoms with E-state index < -0.39 is 9.84 Å². The predicted molar refractivity (Wildman–Crippen MR) is 101 cm³/mol. The normalized spacial score (nSPS) is 19.1. The van der Waals surface area contributed by atoms with Crippen LogP contribution in [0.25, 0.3) is 0 Å². The first-order valence-corrected chi connectivity index (χ1v) is 10.5. The zero-order chi connectivity index (χ0) is 17.4. The first-order chi connectivity index (χ1) is 11.5. The second-order valence-electron chi connectivity index (χ2n) is 6.06. The second kappa shape index (κ2) is 9.34. The molecule has 1 atom stereocenters. The number of sulfone groups is 1. The molecule has 0 spiro atoms.